The summed E-state index contributed by atoms with van der Waals surface area (Å²) in [5.74, 6) is 0.499. The van der Waals surface area contributed by atoms with Crippen LogP contribution in [0.2, 0.25) is 0 Å². The maximum Gasteiger partial charge on any atom is 0.197 e. The highest BCUT2D eigenvalue weighted by Crippen LogP contribution is 2.59. The lowest BCUT2D eigenvalue weighted by Crippen LogP contribution is -2.38. The van der Waals surface area contributed by atoms with Crippen LogP contribution in [0, 0.1) is 11.2 Å². The van der Waals surface area contributed by atoms with Gasteiger partial charge in [0.2, 0.25) is 0 Å². The molecule has 1 heterocycles. The normalized spacial score (nSPS) is 15.4. The first-order valence-corrected chi connectivity index (χ1v) is 14.5. The van der Waals surface area contributed by atoms with Crippen molar-refractivity contribution in [3.8, 4) is 17.2 Å². The summed E-state index contributed by atoms with van der Waals surface area (Å²) in [5, 5.41) is 8.95. The van der Waals surface area contributed by atoms with Crippen molar-refractivity contribution in [2.45, 2.75) is 98.4 Å². The summed E-state index contributed by atoms with van der Waals surface area (Å²) in [6.07, 6.45) is 1.50. The average Bonchev–Trinajstić information content (AvgIpc) is 3.65. The Hall–Kier alpha value is -3.09. The van der Waals surface area contributed by atoms with Gasteiger partial charge in [-0.25, -0.2) is 4.39 Å². The molecule has 0 aromatic heterocycles. The third kappa shape index (κ3) is 5.44. The second-order valence-electron chi connectivity index (χ2n) is 12.3. The molecule has 0 bridgehead atoms. The highest BCUT2D eigenvalue weighted by molar-refractivity contribution is 6.07. The Morgan fingerprint density at radius 2 is 1.48 bits per heavy atom. The minimum Gasteiger partial charge on any atom is -0.496 e. The number of halogens is 1. The molecular formula is C33H47FN2O4. The summed E-state index contributed by atoms with van der Waals surface area (Å²) in [4.78, 5) is 15.6. The Bertz CT molecular complexity index is 1250. The number of nitrogens with one attached hydrogen (secondary N) is 1. The maximum atomic E-state index is 15.8. The Balaban J connectivity index is 0.00000216. The van der Waals surface area contributed by atoms with E-state index in [0.29, 0.717) is 23.5 Å². The Morgan fingerprint density at radius 3 is 1.90 bits per heavy atom. The van der Waals surface area contributed by atoms with Gasteiger partial charge in [-0.1, -0.05) is 55.4 Å². The summed E-state index contributed by atoms with van der Waals surface area (Å²) in [5.41, 5.74) is 2.37. The number of amidine groups is 1. The van der Waals surface area contributed by atoms with Crippen molar-refractivity contribution in [2.75, 3.05) is 26.9 Å². The standard InChI is InChI=1S/C31H41FN2O4.C2H6/c1-10-37-23-16-19-24(25(32)27(23)38-11-2)28(33)34(31(19)12-13-31)17-22(35)18-14-20(29(3,4)5)26(36-9)21(15-18)30(6,7)8;1-2/h14-16,33H,10-13,17H2,1-9H3;1-2H3. The molecule has 0 atom stereocenters. The third-order valence-corrected chi connectivity index (χ3v) is 7.56. The van der Waals surface area contributed by atoms with Crippen LogP contribution in [0.3, 0.4) is 0 Å². The number of nitrogens with zero attached hydrogens (tertiary/aromatic N) is 1. The average molecular weight is 555 g/mol. The third-order valence-electron chi connectivity index (χ3n) is 7.56. The van der Waals surface area contributed by atoms with Crippen LogP contribution in [0.1, 0.15) is 115 Å². The number of rotatable bonds is 8. The van der Waals surface area contributed by atoms with Crippen molar-refractivity contribution < 1.29 is 23.4 Å². The fraction of sp³-hybridized carbons (Fsp3) is 0.576. The molecule has 40 heavy (non-hydrogen) atoms. The van der Waals surface area contributed by atoms with Crippen molar-refractivity contribution in [3.63, 3.8) is 0 Å². The largest absolute Gasteiger partial charge is 0.496 e. The zero-order chi connectivity index (χ0) is 30.2. The van der Waals surface area contributed by atoms with Crippen LogP contribution in [0.4, 0.5) is 4.39 Å². The van der Waals surface area contributed by atoms with Gasteiger partial charge < -0.3 is 19.1 Å². The molecule has 6 nitrogen and oxygen atoms in total. The number of hydrogen-bond donors (Lipinski definition) is 1. The number of carbonyl (C=O) groups excluding carboxylic acids is 1. The maximum absolute atomic E-state index is 15.8. The van der Waals surface area contributed by atoms with E-state index in [1.165, 1.54) is 0 Å². The first-order chi connectivity index (χ1) is 18.7. The predicted molar refractivity (Wildman–Crippen MR) is 159 cm³/mol. The molecule has 1 aliphatic heterocycles. The minimum atomic E-state index is -0.589. The van der Waals surface area contributed by atoms with Gasteiger partial charge in [0, 0.05) is 16.7 Å². The van der Waals surface area contributed by atoms with E-state index in [0.717, 1.165) is 29.7 Å². The lowest BCUT2D eigenvalue weighted by Gasteiger charge is -2.30. The van der Waals surface area contributed by atoms with Gasteiger partial charge in [-0.05, 0) is 61.3 Å². The molecule has 0 saturated heterocycles. The van der Waals surface area contributed by atoms with Crippen LogP contribution in [0.5, 0.6) is 17.2 Å². The van der Waals surface area contributed by atoms with E-state index in [1.807, 2.05) is 39.0 Å². The molecule has 1 fully saturated rings. The summed E-state index contributed by atoms with van der Waals surface area (Å²) < 4.78 is 32.9. The van der Waals surface area contributed by atoms with E-state index < -0.39 is 11.4 Å². The molecule has 0 radical (unpaired) electrons. The second-order valence-corrected chi connectivity index (χ2v) is 12.3. The van der Waals surface area contributed by atoms with Crippen LogP contribution >= 0.6 is 0 Å². The van der Waals surface area contributed by atoms with E-state index in [1.54, 1.807) is 18.9 Å². The molecule has 1 aliphatic carbocycles. The number of fused-ring (bicyclic) bond motifs is 2. The molecule has 4 rings (SSSR count). The molecule has 0 amide bonds. The van der Waals surface area contributed by atoms with Gasteiger partial charge in [0.1, 0.15) is 11.6 Å². The number of Topliss-reactive ketones (excluding diaryl/α,β-unsaturated/α-hetero) is 1. The second kappa shape index (κ2) is 11.4. The van der Waals surface area contributed by atoms with Crippen LogP contribution in [0.25, 0.3) is 0 Å². The molecule has 1 N–H and O–H groups in total. The number of ether oxygens (including phenoxy) is 3. The highest BCUT2D eigenvalue weighted by atomic mass is 19.1. The zero-order valence-electron chi connectivity index (χ0n) is 26.2. The Kier molecular flexibility index (Phi) is 8.97. The van der Waals surface area contributed by atoms with Gasteiger partial charge in [-0.3, -0.25) is 10.2 Å². The first kappa shape index (κ1) is 31.4. The zero-order valence-corrected chi connectivity index (χ0v) is 26.2. The van der Waals surface area contributed by atoms with Crippen molar-refractivity contribution in [1.29, 1.82) is 5.41 Å². The lowest BCUT2D eigenvalue weighted by atomic mass is 9.78. The van der Waals surface area contributed by atoms with Gasteiger partial charge in [-0.2, -0.15) is 0 Å². The molecule has 2 aromatic carbocycles. The van der Waals surface area contributed by atoms with E-state index in [4.69, 9.17) is 19.6 Å². The van der Waals surface area contributed by atoms with Crippen molar-refractivity contribution >= 4 is 11.6 Å². The quantitative estimate of drug-likeness (QED) is 0.338. The lowest BCUT2D eigenvalue weighted by molar-refractivity contribution is 0.0943. The van der Waals surface area contributed by atoms with Crippen molar-refractivity contribution in [3.05, 3.63) is 51.8 Å². The Morgan fingerprint density at radius 1 is 0.950 bits per heavy atom. The number of hydrogen-bond acceptors (Lipinski definition) is 5. The van der Waals surface area contributed by atoms with Crippen molar-refractivity contribution in [1.82, 2.24) is 4.90 Å². The molecule has 1 spiro atoms. The van der Waals surface area contributed by atoms with Crippen LogP contribution in [-0.2, 0) is 16.4 Å². The summed E-state index contributed by atoms with van der Waals surface area (Å²) in [6, 6.07) is 5.65. The summed E-state index contributed by atoms with van der Waals surface area (Å²) >= 11 is 0. The smallest absolute Gasteiger partial charge is 0.197 e. The minimum absolute atomic E-state index is 0.0135. The molecule has 1 saturated carbocycles. The molecule has 0 unspecified atom stereocenters. The molecule has 7 heteroatoms. The first-order valence-electron chi connectivity index (χ1n) is 14.5. The molecular weight excluding hydrogens is 507 g/mol. The fourth-order valence-corrected chi connectivity index (χ4v) is 5.49. The summed E-state index contributed by atoms with van der Waals surface area (Å²) in [6.45, 7) is 20.9. The molecule has 220 valence electrons. The van der Waals surface area contributed by atoms with Gasteiger partial charge in [0.15, 0.2) is 23.1 Å². The van der Waals surface area contributed by atoms with E-state index >= 15 is 4.39 Å². The molecule has 2 aliphatic rings. The summed E-state index contributed by atoms with van der Waals surface area (Å²) in [7, 11) is 1.67. The van der Waals surface area contributed by atoms with Gasteiger partial charge in [0.25, 0.3) is 0 Å². The number of methoxy groups -OCH3 is 1. The van der Waals surface area contributed by atoms with Crippen molar-refractivity contribution in [2.24, 2.45) is 0 Å². The van der Waals surface area contributed by atoms with Gasteiger partial charge >= 0.3 is 0 Å². The predicted octanol–water partition coefficient (Wildman–Crippen LogP) is 7.77. The van der Waals surface area contributed by atoms with E-state index in [2.05, 4.69) is 41.5 Å². The van der Waals surface area contributed by atoms with Crippen LogP contribution in [0.15, 0.2) is 18.2 Å². The van der Waals surface area contributed by atoms with Gasteiger partial charge in [0.05, 0.1) is 38.0 Å². The van der Waals surface area contributed by atoms with Crippen LogP contribution < -0.4 is 14.2 Å². The van der Waals surface area contributed by atoms with Gasteiger partial charge in [-0.15, -0.1) is 0 Å². The Labute approximate surface area is 239 Å². The topological polar surface area (TPSA) is 71.9 Å². The van der Waals surface area contributed by atoms with Crippen LogP contribution in [-0.4, -0.2) is 43.4 Å². The van der Waals surface area contributed by atoms with E-state index in [-0.39, 0.29) is 46.9 Å². The number of benzene rings is 2. The monoisotopic (exact) mass is 554 g/mol. The highest BCUT2D eigenvalue weighted by Gasteiger charge is 2.58. The number of carbonyl (C=O) groups is 1. The SMILES string of the molecule is CC.CCOc1cc2c(c(F)c1OCC)C(=N)N(CC(=O)c1cc(C(C)(C)C)c(OC)c(C(C)(C)C)c1)C21CC1. The fourth-order valence-electron chi connectivity index (χ4n) is 5.49. The molecule has 2 aromatic rings. The number of ketones is 1. The van der Waals surface area contributed by atoms with E-state index in [9.17, 15) is 4.79 Å².